The van der Waals surface area contributed by atoms with E-state index in [1.54, 1.807) is 11.8 Å². The third kappa shape index (κ3) is 4.96. The van der Waals surface area contributed by atoms with Gasteiger partial charge in [-0.15, -0.1) is 11.8 Å². The van der Waals surface area contributed by atoms with Gasteiger partial charge in [-0.05, 0) is 37.3 Å². The Bertz CT molecular complexity index is 271. The van der Waals surface area contributed by atoms with Crippen LogP contribution in [0.4, 0.5) is 0 Å². The molecule has 0 spiro atoms. The van der Waals surface area contributed by atoms with E-state index in [2.05, 4.69) is 55.4 Å². The fourth-order valence-corrected chi connectivity index (χ4v) is 2.04. The Kier molecular flexibility index (Phi) is 6.22. The zero-order valence-electron chi connectivity index (χ0n) is 9.36. The van der Waals surface area contributed by atoms with Gasteiger partial charge in [-0.1, -0.05) is 12.1 Å². The first-order valence-electron chi connectivity index (χ1n) is 5.23. The van der Waals surface area contributed by atoms with Crippen LogP contribution in [0.1, 0.15) is 12.5 Å². The first-order valence-corrected chi connectivity index (χ1v) is 7.09. The normalized spacial score (nSPS) is 12.7. The third-order valence-electron chi connectivity index (χ3n) is 2.31. The average Bonchev–Trinajstić information content (AvgIpc) is 2.27. The van der Waals surface area contributed by atoms with Crippen LogP contribution in [0.3, 0.4) is 0 Å². The Morgan fingerprint density at radius 3 is 2.53 bits per heavy atom. The molecule has 0 radical (unpaired) electrons. The number of hydrogen-bond acceptors (Lipinski definition) is 3. The van der Waals surface area contributed by atoms with Crippen LogP contribution in [0.15, 0.2) is 29.2 Å². The fraction of sp³-hybridized carbons (Fsp3) is 0.500. The lowest BCUT2D eigenvalue weighted by Gasteiger charge is -2.13. The van der Waals surface area contributed by atoms with Crippen molar-refractivity contribution in [2.24, 2.45) is 0 Å². The van der Waals surface area contributed by atoms with Crippen molar-refractivity contribution in [1.29, 1.82) is 0 Å². The van der Waals surface area contributed by atoms with Gasteiger partial charge in [0.15, 0.2) is 0 Å². The van der Waals surface area contributed by atoms with Crippen molar-refractivity contribution in [2.75, 3.05) is 18.6 Å². The first kappa shape index (κ1) is 12.9. The predicted octanol–water partition coefficient (Wildman–Crippen LogP) is 2.86. The third-order valence-corrected chi connectivity index (χ3v) is 3.27. The minimum atomic E-state index is 0.525. The lowest BCUT2D eigenvalue weighted by molar-refractivity contribution is 0.568. The van der Waals surface area contributed by atoms with Gasteiger partial charge in [-0.2, -0.15) is 12.6 Å². The Balaban J connectivity index is 2.42. The second-order valence-electron chi connectivity index (χ2n) is 3.63. The van der Waals surface area contributed by atoms with Crippen LogP contribution in [0.25, 0.3) is 0 Å². The van der Waals surface area contributed by atoms with Gasteiger partial charge in [0.1, 0.15) is 0 Å². The molecule has 1 unspecified atom stereocenters. The molecular formula is C12H19NS2. The zero-order chi connectivity index (χ0) is 11.1. The minimum Gasteiger partial charge on any atom is -0.313 e. The van der Waals surface area contributed by atoms with Crippen LogP contribution >= 0.6 is 24.4 Å². The van der Waals surface area contributed by atoms with Crippen LogP contribution in [-0.2, 0) is 6.42 Å². The molecule has 0 aliphatic heterocycles. The highest BCUT2D eigenvalue weighted by atomic mass is 32.2. The highest BCUT2D eigenvalue weighted by Gasteiger charge is 2.01. The maximum Gasteiger partial charge on any atom is 0.00794 e. The smallest absolute Gasteiger partial charge is 0.00794 e. The SMILES string of the molecule is CSc1ccc(CC(C)NCCS)cc1. The van der Waals surface area contributed by atoms with E-state index in [1.165, 1.54) is 10.5 Å². The number of rotatable bonds is 6. The number of hydrogen-bond donors (Lipinski definition) is 2. The molecule has 0 aliphatic rings. The molecule has 0 bridgehead atoms. The summed E-state index contributed by atoms with van der Waals surface area (Å²) in [6.07, 6.45) is 3.19. The molecule has 0 amide bonds. The summed E-state index contributed by atoms with van der Waals surface area (Å²) in [5.74, 6) is 0.899. The van der Waals surface area contributed by atoms with Crippen LogP contribution in [0.2, 0.25) is 0 Å². The summed E-state index contributed by atoms with van der Waals surface area (Å²) in [6.45, 7) is 3.19. The molecule has 3 heteroatoms. The van der Waals surface area contributed by atoms with Gasteiger partial charge in [0.25, 0.3) is 0 Å². The number of benzene rings is 1. The Hall–Kier alpha value is -0.120. The van der Waals surface area contributed by atoms with Gasteiger partial charge >= 0.3 is 0 Å². The highest BCUT2D eigenvalue weighted by Crippen LogP contribution is 2.15. The molecule has 1 N–H and O–H groups in total. The van der Waals surface area contributed by atoms with Crippen molar-refractivity contribution >= 4 is 24.4 Å². The Morgan fingerprint density at radius 1 is 1.33 bits per heavy atom. The Labute approximate surface area is 102 Å². The highest BCUT2D eigenvalue weighted by molar-refractivity contribution is 7.98. The topological polar surface area (TPSA) is 12.0 Å². The maximum absolute atomic E-state index is 4.18. The molecule has 0 aliphatic carbocycles. The van der Waals surface area contributed by atoms with Crippen LogP contribution in [0, 0.1) is 0 Å². The largest absolute Gasteiger partial charge is 0.313 e. The number of nitrogens with one attached hydrogen (secondary N) is 1. The monoisotopic (exact) mass is 241 g/mol. The van der Waals surface area contributed by atoms with Gasteiger partial charge in [0.05, 0.1) is 0 Å². The summed E-state index contributed by atoms with van der Waals surface area (Å²) in [5, 5.41) is 3.43. The lowest BCUT2D eigenvalue weighted by atomic mass is 10.1. The quantitative estimate of drug-likeness (QED) is 0.587. The molecule has 15 heavy (non-hydrogen) atoms. The minimum absolute atomic E-state index is 0.525. The molecule has 0 heterocycles. The summed E-state index contributed by atoms with van der Waals surface area (Å²) >= 11 is 5.97. The van der Waals surface area contributed by atoms with E-state index in [-0.39, 0.29) is 0 Å². The molecule has 84 valence electrons. The lowest BCUT2D eigenvalue weighted by Crippen LogP contribution is -2.29. The van der Waals surface area contributed by atoms with Crippen molar-refractivity contribution in [3.05, 3.63) is 29.8 Å². The second-order valence-corrected chi connectivity index (χ2v) is 4.96. The van der Waals surface area contributed by atoms with E-state index in [0.717, 1.165) is 18.7 Å². The zero-order valence-corrected chi connectivity index (χ0v) is 11.1. The van der Waals surface area contributed by atoms with Gasteiger partial charge in [0.2, 0.25) is 0 Å². The van der Waals surface area contributed by atoms with E-state index in [1.807, 2.05) is 0 Å². The van der Waals surface area contributed by atoms with Gasteiger partial charge in [-0.25, -0.2) is 0 Å². The van der Waals surface area contributed by atoms with E-state index in [0.29, 0.717) is 6.04 Å². The van der Waals surface area contributed by atoms with E-state index < -0.39 is 0 Å². The fourth-order valence-electron chi connectivity index (χ4n) is 1.50. The van der Waals surface area contributed by atoms with Gasteiger partial charge in [0, 0.05) is 23.2 Å². The van der Waals surface area contributed by atoms with E-state index in [9.17, 15) is 0 Å². The van der Waals surface area contributed by atoms with Crippen molar-refractivity contribution in [1.82, 2.24) is 5.32 Å². The molecule has 0 aromatic heterocycles. The standard InChI is InChI=1S/C12H19NS2/c1-10(13-7-8-14)9-11-3-5-12(15-2)6-4-11/h3-6,10,13-14H,7-9H2,1-2H3. The van der Waals surface area contributed by atoms with Gasteiger partial charge < -0.3 is 5.32 Å². The van der Waals surface area contributed by atoms with Crippen molar-refractivity contribution in [3.63, 3.8) is 0 Å². The molecule has 0 saturated heterocycles. The predicted molar refractivity (Wildman–Crippen MR) is 73.2 cm³/mol. The summed E-state index contributed by atoms with van der Waals surface area (Å²) in [6, 6.07) is 9.32. The molecule has 1 atom stereocenters. The first-order chi connectivity index (χ1) is 7.26. The molecule has 0 saturated carbocycles. The van der Waals surface area contributed by atoms with Crippen molar-refractivity contribution in [3.8, 4) is 0 Å². The molecule has 1 aromatic carbocycles. The van der Waals surface area contributed by atoms with Crippen molar-refractivity contribution in [2.45, 2.75) is 24.3 Å². The average molecular weight is 241 g/mol. The molecule has 1 rings (SSSR count). The molecule has 1 aromatic rings. The Morgan fingerprint density at radius 2 is 2.00 bits per heavy atom. The molecule has 0 fully saturated rings. The molecule has 1 nitrogen and oxygen atoms in total. The number of thioether (sulfide) groups is 1. The van der Waals surface area contributed by atoms with Crippen LogP contribution in [0.5, 0.6) is 0 Å². The number of thiol groups is 1. The second kappa shape index (κ2) is 7.20. The van der Waals surface area contributed by atoms with Crippen LogP contribution < -0.4 is 5.32 Å². The van der Waals surface area contributed by atoms with Crippen LogP contribution in [-0.4, -0.2) is 24.6 Å². The van der Waals surface area contributed by atoms with E-state index in [4.69, 9.17) is 0 Å². The summed E-state index contributed by atoms with van der Waals surface area (Å²) in [4.78, 5) is 1.33. The summed E-state index contributed by atoms with van der Waals surface area (Å²) in [5.41, 5.74) is 1.40. The summed E-state index contributed by atoms with van der Waals surface area (Å²) < 4.78 is 0. The molecular weight excluding hydrogens is 222 g/mol. The summed E-state index contributed by atoms with van der Waals surface area (Å²) in [7, 11) is 0. The maximum atomic E-state index is 4.18. The van der Waals surface area contributed by atoms with E-state index >= 15 is 0 Å². The van der Waals surface area contributed by atoms with Crippen molar-refractivity contribution < 1.29 is 0 Å². The van der Waals surface area contributed by atoms with Gasteiger partial charge in [-0.3, -0.25) is 0 Å².